The normalized spacial score (nSPS) is 12.8. The van der Waals surface area contributed by atoms with Crippen LogP contribution in [0.15, 0.2) is 53.8 Å². The maximum atomic E-state index is 12.1. The van der Waals surface area contributed by atoms with Gasteiger partial charge in [0, 0.05) is 25.7 Å². The maximum absolute atomic E-state index is 12.1. The molecule has 0 radical (unpaired) electrons. The Kier molecular flexibility index (Phi) is 4.54. The molecule has 0 fully saturated rings. The Morgan fingerprint density at radius 3 is 2.48 bits per heavy atom. The molecule has 3 aromatic rings. The molecule has 0 aliphatic heterocycles. The Labute approximate surface area is 146 Å². The van der Waals surface area contributed by atoms with Crippen molar-refractivity contribution in [3.63, 3.8) is 0 Å². The summed E-state index contributed by atoms with van der Waals surface area (Å²) in [7, 11) is -1.58. The maximum Gasteiger partial charge on any atom is 0.180 e. The van der Waals surface area contributed by atoms with E-state index in [1.165, 1.54) is 6.20 Å². The number of hydrogen-bond acceptors (Lipinski definition) is 6. The van der Waals surface area contributed by atoms with Gasteiger partial charge < -0.3 is 9.88 Å². The van der Waals surface area contributed by atoms with Gasteiger partial charge in [-0.3, -0.25) is 0 Å². The highest BCUT2D eigenvalue weighted by Gasteiger charge is 2.23. The molecule has 1 atom stereocenters. The molecule has 25 heavy (non-hydrogen) atoms. The zero-order chi connectivity index (χ0) is 18.0. The number of anilines is 1. The number of nitrogens with one attached hydrogen (secondary N) is 1. The van der Waals surface area contributed by atoms with E-state index in [1.807, 2.05) is 48.1 Å². The average molecular weight is 357 g/mol. The van der Waals surface area contributed by atoms with Gasteiger partial charge in [-0.1, -0.05) is 30.3 Å². The van der Waals surface area contributed by atoms with E-state index in [0.717, 1.165) is 17.6 Å². The molecule has 0 aliphatic rings. The summed E-state index contributed by atoms with van der Waals surface area (Å²) < 4.78 is 26.1. The van der Waals surface area contributed by atoms with Crippen molar-refractivity contribution < 1.29 is 8.42 Å². The van der Waals surface area contributed by atoms with Crippen LogP contribution in [0.5, 0.6) is 0 Å². The van der Waals surface area contributed by atoms with E-state index in [2.05, 4.69) is 20.3 Å². The van der Waals surface area contributed by atoms with E-state index in [-0.39, 0.29) is 16.8 Å². The monoisotopic (exact) mass is 357 g/mol. The molecule has 0 amide bonds. The van der Waals surface area contributed by atoms with Gasteiger partial charge in [0.1, 0.15) is 28.4 Å². The minimum atomic E-state index is -3.47. The largest absolute Gasteiger partial charge is 0.355 e. The smallest absolute Gasteiger partial charge is 0.180 e. The molecule has 0 aliphatic carbocycles. The van der Waals surface area contributed by atoms with E-state index in [9.17, 15) is 8.42 Å². The lowest BCUT2D eigenvalue weighted by Crippen LogP contribution is -2.19. The van der Waals surface area contributed by atoms with Gasteiger partial charge in [-0.05, 0) is 12.5 Å². The van der Waals surface area contributed by atoms with Crippen molar-refractivity contribution in [2.45, 2.75) is 17.9 Å². The van der Waals surface area contributed by atoms with E-state index in [4.69, 9.17) is 0 Å². The second kappa shape index (κ2) is 6.64. The van der Waals surface area contributed by atoms with Crippen molar-refractivity contribution in [1.82, 2.24) is 19.5 Å². The first-order valence-electron chi connectivity index (χ1n) is 7.68. The van der Waals surface area contributed by atoms with Crippen LogP contribution in [0.1, 0.15) is 23.3 Å². The highest BCUT2D eigenvalue weighted by Crippen LogP contribution is 2.27. The van der Waals surface area contributed by atoms with Crippen LogP contribution in [0.4, 0.5) is 5.82 Å². The summed E-state index contributed by atoms with van der Waals surface area (Å²) in [6.45, 7) is 1.72. The lowest BCUT2D eigenvalue weighted by atomic mass is 10.1. The molecule has 3 rings (SSSR count). The third-order valence-corrected chi connectivity index (χ3v) is 4.90. The fourth-order valence-electron chi connectivity index (χ4n) is 2.57. The van der Waals surface area contributed by atoms with Crippen LogP contribution in [0.2, 0.25) is 0 Å². The minimum absolute atomic E-state index is 0.0632. The number of imidazole rings is 1. The van der Waals surface area contributed by atoms with Crippen molar-refractivity contribution in [2.75, 3.05) is 11.6 Å². The van der Waals surface area contributed by atoms with Gasteiger partial charge in [-0.25, -0.2) is 23.4 Å². The van der Waals surface area contributed by atoms with Gasteiger partial charge in [0.2, 0.25) is 0 Å². The topological polar surface area (TPSA) is 89.8 Å². The zero-order valence-corrected chi connectivity index (χ0v) is 15.0. The summed E-state index contributed by atoms with van der Waals surface area (Å²) in [5, 5.41) is 3.24. The molecule has 0 saturated carbocycles. The Morgan fingerprint density at radius 1 is 1.16 bits per heavy atom. The highest BCUT2D eigenvalue weighted by atomic mass is 32.2. The van der Waals surface area contributed by atoms with Gasteiger partial charge >= 0.3 is 0 Å². The van der Waals surface area contributed by atoms with Crippen molar-refractivity contribution >= 4 is 15.7 Å². The van der Waals surface area contributed by atoms with E-state index >= 15 is 0 Å². The van der Waals surface area contributed by atoms with Gasteiger partial charge in [-0.15, -0.1) is 0 Å². The number of nitrogens with zero attached hydrogens (tertiary/aromatic N) is 4. The summed E-state index contributed by atoms with van der Waals surface area (Å²) in [5.41, 5.74) is 0.951. The molecule has 0 saturated heterocycles. The molecular weight excluding hydrogens is 338 g/mol. The van der Waals surface area contributed by atoms with Crippen molar-refractivity contribution in [3.8, 4) is 0 Å². The second-order valence-electron chi connectivity index (χ2n) is 5.79. The Hall–Kier alpha value is -2.74. The van der Waals surface area contributed by atoms with Crippen LogP contribution >= 0.6 is 0 Å². The molecule has 130 valence electrons. The lowest BCUT2D eigenvalue weighted by molar-refractivity contribution is 0.601. The Balaban J connectivity index is 2.12. The van der Waals surface area contributed by atoms with Crippen molar-refractivity contribution in [3.05, 3.63) is 66.1 Å². The summed E-state index contributed by atoms with van der Waals surface area (Å²) in [5.74, 6) is 1.51. The number of hydrogen-bond donors (Lipinski definition) is 1. The second-order valence-corrected chi connectivity index (χ2v) is 7.77. The predicted octanol–water partition coefficient (Wildman–Crippen LogP) is 2.12. The average Bonchev–Trinajstić information content (AvgIpc) is 2.98. The quantitative estimate of drug-likeness (QED) is 0.752. The molecule has 1 N–H and O–H groups in total. The first-order valence-corrected chi connectivity index (χ1v) is 9.58. The summed E-state index contributed by atoms with van der Waals surface area (Å²) in [6.07, 6.45) is 6.02. The lowest BCUT2D eigenvalue weighted by Gasteiger charge is -2.21. The number of aryl methyl sites for hydroxylation is 2. The van der Waals surface area contributed by atoms with Crippen LogP contribution in [0.25, 0.3) is 0 Å². The molecule has 2 aromatic heterocycles. The van der Waals surface area contributed by atoms with Crippen molar-refractivity contribution in [1.29, 1.82) is 0 Å². The molecule has 1 aromatic carbocycles. The standard InChI is InChI=1S/C17H19N5O2S/c1-12-19-11-14(25(3,23)24)16(20-12)21-15(13-7-5-4-6-8-13)17-18-9-10-22(17)2/h4-11,15H,1-3H3,(H,19,20,21)/t15-/m1/s1. The third kappa shape index (κ3) is 3.69. The number of aromatic nitrogens is 4. The molecular formula is C17H19N5O2S. The number of sulfone groups is 1. The van der Waals surface area contributed by atoms with Gasteiger partial charge in [0.15, 0.2) is 9.84 Å². The summed E-state index contributed by atoms with van der Waals surface area (Å²) in [4.78, 5) is 12.8. The van der Waals surface area contributed by atoms with Crippen LogP contribution in [0, 0.1) is 6.92 Å². The van der Waals surface area contributed by atoms with E-state index in [0.29, 0.717) is 5.82 Å². The molecule has 7 nitrogen and oxygen atoms in total. The van der Waals surface area contributed by atoms with Crippen LogP contribution in [-0.4, -0.2) is 34.2 Å². The van der Waals surface area contributed by atoms with Gasteiger partial charge in [-0.2, -0.15) is 0 Å². The molecule has 0 spiro atoms. The predicted molar refractivity (Wildman–Crippen MR) is 95.0 cm³/mol. The molecule has 0 bridgehead atoms. The highest BCUT2D eigenvalue weighted by molar-refractivity contribution is 7.90. The fraction of sp³-hybridized carbons (Fsp3) is 0.235. The molecule has 2 heterocycles. The SMILES string of the molecule is Cc1ncc(S(C)(=O)=O)c(N[C@H](c2ccccc2)c2nccn2C)n1. The van der Waals surface area contributed by atoms with E-state index < -0.39 is 9.84 Å². The Bertz CT molecular complexity index is 983. The Morgan fingerprint density at radius 2 is 1.88 bits per heavy atom. The minimum Gasteiger partial charge on any atom is -0.355 e. The summed E-state index contributed by atoms with van der Waals surface area (Å²) in [6, 6.07) is 9.35. The van der Waals surface area contributed by atoms with Crippen LogP contribution < -0.4 is 5.32 Å². The molecule has 0 unspecified atom stereocenters. The third-order valence-electron chi connectivity index (χ3n) is 3.81. The summed E-state index contributed by atoms with van der Waals surface area (Å²) >= 11 is 0. The van der Waals surface area contributed by atoms with Gasteiger partial charge in [0.25, 0.3) is 0 Å². The first-order chi connectivity index (χ1) is 11.9. The van der Waals surface area contributed by atoms with Crippen molar-refractivity contribution in [2.24, 2.45) is 7.05 Å². The number of rotatable bonds is 5. The fourth-order valence-corrected chi connectivity index (χ4v) is 3.27. The van der Waals surface area contributed by atoms with Crippen LogP contribution in [-0.2, 0) is 16.9 Å². The molecule has 8 heteroatoms. The first kappa shape index (κ1) is 17.1. The number of benzene rings is 1. The van der Waals surface area contributed by atoms with E-state index in [1.54, 1.807) is 13.1 Å². The van der Waals surface area contributed by atoms with Gasteiger partial charge in [0.05, 0.1) is 6.20 Å². The van der Waals surface area contributed by atoms with Crippen LogP contribution in [0.3, 0.4) is 0 Å². The zero-order valence-electron chi connectivity index (χ0n) is 14.2.